The van der Waals surface area contributed by atoms with Gasteiger partial charge in [0, 0.05) is 23.1 Å². The van der Waals surface area contributed by atoms with Crippen molar-refractivity contribution in [3.8, 4) is 0 Å². The van der Waals surface area contributed by atoms with Crippen molar-refractivity contribution in [2.24, 2.45) is 0 Å². The summed E-state index contributed by atoms with van der Waals surface area (Å²) in [6.45, 7) is 2.25. The van der Waals surface area contributed by atoms with Gasteiger partial charge in [-0.25, -0.2) is 0 Å². The van der Waals surface area contributed by atoms with Gasteiger partial charge in [-0.1, -0.05) is 22.0 Å². The third-order valence-corrected chi connectivity index (χ3v) is 2.65. The van der Waals surface area contributed by atoms with Crippen LogP contribution in [0.25, 0.3) is 0 Å². The molecule has 0 aliphatic carbocycles. The quantitative estimate of drug-likeness (QED) is 0.806. The molecule has 1 rings (SSSR count). The Morgan fingerprint density at radius 2 is 2.00 bits per heavy atom. The number of hydrogen-bond donors (Lipinski definition) is 1. The molecular formula is C11H13BrF3N. The van der Waals surface area contributed by atoms with Crippen molar-refractivity contribution in [3.63, 3.8) is 0 Å². The third-order valence-electron chi connectivity index (χ3n) is 2.15. The number of benzene rings is 1. The van der Waals surface area contributed by atoms with Crippen molar-refractivity contribution in [2.75, 3.05) is 11.9 Å². The first-order valence-corrected chi connectivity index (χ1v) is 5.74. The zero-order valence-electron chi connectivity index (χ0n) is 8.87. The summed E-state index contributed by atoms with van der Waals surface area (Å²) in [6, 6.07) is 5.68. The number of hydrogen-bond acceptors (Lipinski definition) is 1. The summed E-state index contributed by atoms with van der Waals surface area (Å²) in [7, 11) is 0. The number of aryl methyl sites for hydroxylation is 1. The van der Waals surface area contributed by atoms with Gasteiger partial charge in [-0.15, -0.1) is 0 Å². The van der Waals surface area contributed by atoms with E-state index in [0.29, 0.717) is 6.54 Å². The van der Waals surface area contributed by atoms with Crippen LogP contribution in [0.2, 0.25) is 0 Å². The van der Waals surface area contributed by atoms with Gasteiger partial charge in [-0.05, 0) is 31.0 Å². The highest BCUT2D eigenvalue weighted by Crippen LogP contribution is 2.23. The van der Waals surface area contributed by atoms with Crippen LogP contribution in [0.4, 0.5) is 18.9 Å². The zero-order valence-corrected chi connectivity index (χ0v) is 10.5. The van der Waals surface area contributed by atoms with Crippen LogP contribution < -0.4 is 5.32 Å². The molecule has 1 nitrogen and oxygen atoms in total. The van der Waals surface area contributed by atoms with Gasteiger partial charge in [-0.3, -0.25) is 0 Å². The molecule has 0 saturated carbocycles. The first-order valence-electron chi connectivity index (χ1n) is 4.95. The van der Waals surface area contributed by atoms with Crippen LogP contribution in [0, 0.1) is 6.92 Å². The average molecular weight is 296 g/mol. The maximum atomic E-state index is 11.9. The van der Waals surface area contributed by atoms with Crippen molar-refractivity contribution < 1.29 is 13.2 Å². The third kappa shape index (κ3) is 4.88. The first-order chi connectivity index (χ1) is 7.38. The van der Waals surface area contributed by atoms with E-state index in [-0.39, 0.29) is 6.42 Å². The van der Waals surface area contributed by atoms with Crippen molar-refractivity contribution in [1.29, 1.82) is 0 Å². The summed E-state index contributed by atoms with van der Waals surface area (Å²) in [6.07, 6.45) is -4.71. The number of anilines is 1. The molecule has 0 fully saturated rings. The lowest BCUT2D eigenvalue weighted by molar-refractivity contribution is -0.134. The van der Waals surface area contributed by atoms with Gasteiger partial charge in [0.1, 0.15) is 0 Å². The van der Waals surface area contributed by atoms with Crippen LogP contribution in [0.1, 0.15) is 18.4 Å². The second-order valence-corrected chi connectivity index (χ2v) is 4.52. The summed E-state index contributed by atoms with van der Waals surface area (Å²) >= 11 is 3.32. The average Bonchev–Trinajstić information content (AvgIpc) is 2.16. The fourth-order valence-corrected chi connectivity index (χ4v) is 1.66. The van der Waals surface area contributed by atoms with Gasteiger partial charge in [0.05, 0.1) is 0 Å². The minimum absolute atomic E-state index is 0.0927. The number of alkyl halides is 3. The molecule has 1 N–H and O–H groups in total. The van der Waals surface area contributed by atoms with Crippen molar-refractivity contribution >= 4 is 21.6 Å². The number of rotatable bonds is 4. The molecule has 90 valence electrons. The van der Waals surface area contributed by atoms with Gasteiger partial charge in [0.25, 0.3) is 0 Å². The Bertz CT molecular complexity index is 350. The second kappa shape index (κ2) is 5.57. The van der Waals surface area contributed by atoms with E-state index in [1.54, 1.807) is 0 Å². The molecule has 0 heterocycles. The molecule has 0 amide bonds. The summed E-state index contributed by atoms with van der Waals surface area (Å²) in [5.41, 5.74) is 1.90. The molecule has 0 bridgehead atoms. The molecule has 0 unspecified atom stereocenters. The fraction of sp³-hybridized carbons (Fsp3) is 0.455. The summed E-state index contributed by atoms with van der Waals surface area (Å²) in [5.74, 6) is 0. The Balaban J connectivity index is 2.40. The SMILES string of the molecule is Cc1ccc(Br)cc1NCCCC(F)(F)F. The Morgan fingerprint density at radius 3 is 2.62 bits per heavy atom. The first kappa shape index (κ1) is 13.4. The van der Waals surface area contributed by atoms with E-state index in [1.807, 2.05) is 25.1 Å². The van der Waals surface area contributed by atoms with Crippen LogP contribution in [0.3, 0.4) is 0 Å². The topological polar surface area (TPSA) is 12.0 Å². The number of halogens is 4. The molecule has 1 aromatic rings. The van der Waals surface area contributed by atoms with E-state index in [9.17, 15) is 13.2 Å². The summed E-state index contributed by atoms with van der Waals surface area (Å²) < 4.78 is 36.6. The smallest absolute Gasteiger partial charge is 0.385 e. The standard InChI is InChI=1S/C11H13BrF3N/c1-8-3-4-9(12)7-10(8)16-6-2-5-11(13,14)15/h3-4,7,16H,2,5-6H2,1H3. The molecule has 0 saturated heterocycles. The van der Waals surface area contributed by atoms with Gasteiger partial charge < -0.3 is 5.32 Å². The molecule has 0 spiro atoms. The van der Waals surface area contributed by atoms with E-state index >= 15 is 0 Å². The molecular weight excluding hydrogens is 283 g/mol. The van der Waals surface area contributed by atoms with Crippen LogP contribution >= 0.6 is 15.9 Å². The van der Waals surface area contributed by atoms with Gasteiger partial charge in [-0.2, -0.15) is 13.2 Å². The maximum Gasteiger partial charge on any atom is 0.389 e. The Hall–Kier alpha value is -0.710. The highest BCUT2D eigenvalue weighted by molar-refractivity contribution is 9.10. The van der Waals surface area contributed by atoms with E-state index in [1.165, 1.54) is 0 Å². The van der Waals surface area contributed by atoms with Crippen molar-refractivity contribution in [3.05, 3.63) is 28.2 Å². The molecule has 0 atom stereocenters. The van der Waals surface area contributed by atoms with Gasteiger partial charge >= 0.3 is 6.18 Å². The second-order valence-electron chi connectivity index (χ2n) is 3.60. The van der Waals surface area contributed by atoms with E-state index in [2.05, 4.69) is 21.2 Å². The minimum Gasteiger partial charge on any atom is -0.385 e. The normalized spacial score (nSPS) is 11.6. The Labute approximate surface area is 101 Å². The van der Waals surface area contributed by atoms with Crippen molar-refractivity contribution in [2.45, 2.75) is 25.9 Å². The van der Waals surface area contributed by atoms with E-state index in [0.717, 1.165) is 15.7 Å². The highest BCUT2D eigenvalue weighted by atomic mass is 79.9. The molecule has 0 aliphatic rings. The Morgan fingerprint density at radius 1 is 1.31 bits per heavy atom. The largest absolute Gasteiger partial charge is 0.389 e. The van der Waals surface area contributed by atoms with Crippen molar-refractivity contribution in [1.82, 2.24) is 0 Å². The molecule has 16 heavy (non-hydrogen) atoms. The summed E-state index contributed by atoms with van der Waals surface area (Å²) in [4.78, 5) is 0. The lowest BCUT2D eigenvalue weighted by Gasteiger charge is -2.11. The Kier molecular flexibility index (Phi) is 4.65. The highest BCUT2D eigenvalue weighted by Gasteiger charge is 2.25. The van der Waals surface area contributed by atoms with Crippen LogP contribution in [0.15, 0.2) is 22.7 Å². The van der Waals surface area contributed by atoms with Gasteiger partial charge in [0.15, 0.2) is 0 Å². The number of nitrogens with one attached hydrogen (secondary N) is 1. The van der Waals surface area contributed by atoms with Crippen LogP contribution in [0.5, 0.6) is 0 Å². The van der Waals surface area contributed by atoms with E-state index < -0.39 is 12.6 Å². The summed E-state index contributed by atoms with van der Waals surface area (Å²) in [5, 5.41) is 3.00. The maximum absolute atomic E-state index is 11.9. The lowest BCUT2D eigenvalue weighted by atomic mass is 10.2. The lowest BCUT2D eigenvalue weighted by Crippen LogP contribution is -2.11. The molecule has 1 aromatic carbocycles. The predicted molar refractivity (Wildman–Crippen MR) is 62.7 cm³/mol. The van der Waals surface area contributed by atoms with E-state index in [4.69, 9.17) is 0 Å². The molecule has 0 aromatic heterocycles. The zero-order chi connectivity index (χ0) is 12.2. The fourth-order valence-electron chi connectivity index (χ4n) is 1.30. The minimum atomic E-state index is -4.06. The van der Waals surface area contributed by atoms with Crippen LogP contribution in [-0.2, 0) is 0 Å². The predicted octanol–water partition coefficient (Wildman–Crippen LogP) is 4.51. The molecule has 5 heteroatoms. The van der Waals surface area contributed by atoms with Gasteiger partial charge in [0.2, 0.25) is 0 Å². The molecule has 0 aliphatic heterocycles. The van der Waals surface area contributed by atoms with Crippen LogP contribution in [-0.4, -0.2) is 12.7 Å². The molecule has 0 radical (unpaired) electrons. The monoisotopic (exact) mass is 295 g/mol.